The van der Waals surface area contributed by atoms with E-state index >= 15 is 0 Å². The fourth-order valence-electron chi connectivity index (χ4n) is 0. The number of rotatable bonds is 0. The molecule has 0 radical (unpaired) electrons. The minimum atomic E-state index is 0. The molecule has 0 spiro atoms. The van der Waals surface area contributed by atoms with Crippen molar-refractivity contribution in [3.05, 3.63) is 0 Å². The molecular weight excluding hydrogens is 167 g/mol. The second-order valence-electron chi connectivity index (χ2n) is 0. The van der Waals surface area contributed by atoms with Gasteiger partial charge in [0.25, 0.3) is 0 Å². The summed E-state index contributed by atoms with van der Waals surface area (Å²) in [6.45, 7) is 0. The molecule has 0 aliphatic heterocycles. The maximum absolute atomic E-state index is 0. The molecule has 0 rings (SSSR count). The first kappa shape index (κ1) is 150. The van der Waals surface area contributed by atoms with Crippen LogP contribution in [0.2, 0.25) is 0 Å². The van der Waals surface area contributed by atoms with E-state index in [2.05, 4.69) is 0 Å². The van der Waals surface area contributed by atoms with E-state index in [-0.39, 0.29) is 54.5 Å². The Morgan fingerprint density at radius 2 is 0.600 bits per heavy atom. The summed E-state index contributed by atoms with van der Waals surface area (Å²) in [6.07, 6.45) is 0. The first-order chi connectivity index (χ1) is 0. The van der Waals surface area contributed by atoms with E-state index < -0.39 is 0 Å². The Labute approximate surface area is 54.8 Å². The molecule has 0 fully saturated rings. The molecule has 0 amide bonds. The van der Waals surface area contributed by atoms with Gasteiger partial charge in [-0.3, -0.25) is 0 Å². The van der Waals surface area contributed by atoms with E-state index in [4.69, 9.17) is 0 Å². The molecule has 0 aromatic heterocycles. The van der Waals surface area contributed by atoms with Crippen LogP contribution < -0.4 is 0 Å². The summed E-state index contributed by atoms with van der Waals surface area (Å²) >= 11 is 0. The van der Waals surface area contributed by atoms with Gasteiger partial charge in [0, 0.05) is 0 Å². The Morgan fingerprint density at radius 1 is 0.600 bits per heavy atom. The molecular formula is C2H8Cu2O. The van der Waals surface area contributed by atoms with Gasteiger partial charge in [0.1, 0.15) is 0 Å². The molecule has 44 valence electrons. The Morgan fingerprint density at radius 3 is 0.600 bits per heavy atom. The van der Waals surface area contributed by atoms with Gasteiger partial charge in [-0.2, -0.15) is 0 Å². The molecule has 1 nitrogen and oxygen atoms in total. The van der Waals surface area contributed by atoms with Crippen molar-refractivity contribution in [1.82, 2.24) is 0 Å². The third-order valence-corrected chi connectivity index (χ3v) is 0. The standard InChI is InChI=1S/2CH4.2Cu.O/h2*1H4;;;/q;;2*+1;-2. The molecule has 0 bridgehead atoms. The topological polar surface area (TPSA) is 28.5 Å². The van der Waals surface area contributed by atoms with Crippen molar-refractivity contribution >= 4 is 0 Å². The van der Waals surface area contributed by atoms with Crippen LogP contribution in [0, 0.1) is 0 Å². The van der Waals surface area contributed by atoms with Crippen molar-refractivity contribution < 1.29 is 39.6 Å². The zero-order valence-electron chi connectivity index (χ0n) is 1.01. The molecule has 0 heterocycles. The molecule has 0 N–H and O–H groups in total. The minimum absolute atomic E-state index is 0. The van der Waals surface area contributed by atoms with Crippen LogP contribution in [0.15, 0.2) is 0 Å². The van der Waals surface area contributed by atoms with E-state index in [0.717, 1.165) is 0 Å². The largest absolute Gasteiger partial charge is 2.00 e. The van der Waals surface area contributed by atoms with Crippen molar-refractivity contribution in [1.29, 1.82) is 0 Å². The van der Waals surface area contributed by atoms with Crippen LogP contribution in [0.5, 0.6) is 0 Å². The Kier molecular flexibility index (Phi) is 2410. The van der Waals surface area contributed by atoms with E-state index in [1.54, 1.807) is 0 Å². The molecule has 0 aromatic carbocycles. The molecule has 0 aromatic rings. The van der Waals surface area contributed by atoms with Crippen LogP contribution >= 0.6 is 0 Å². The van der Waals surface area contributed by atoms with Crippen LogP contribution in [0.3, 0.4) is 0 Å². The van der Waals surface area contributed by atoms with Crippen molar-refractivity contribution in [2.45, 2.75) is 14.9 Å². The summed E-state index contributed by atoms with van der Waals surface area (Å²) in [4.78, 5) is 0. The van der Waals surface area contributed by atoms with Crippen molar-refractivity contribution in [3.8, 4) is 0 Å². The normalized spacial score (nSPS) is 0. The summed E-state index contributed by atoms with van der Waals surface area (Å²) in [7, 11) is 0. The van der Waals surface area contributed by atoms with Gasteiger partial charge in [0.15, 0.2) is 0 Å². The molecule has 0 aliphatic rings. The first-order valence-corrected chi connectivity index (χ1v) is 0. The fourth-order valence-corrected chi connectivity index (χ4v) is 0. The quantitative estimate of drug-likeness (QED) is 0.494. The Bertz CT molecular complexity index is 7.61. The van der Waals surface area contributed by atoms with Gasteiger partial charge in [-0.15, -0.1) is 0 Å². The SMILES string of the molecule is C.C.[Cu+].[Cu+].[O-2]. The van der Waals surface area contributed by atoms with E-state index in [1.807, 2.05) is 0 Å². The van der Waals surface area contributed by atoms with Crippen LogP contribution in [0.25, 0.3) is 0 Å². The predicted octanol–water partition coefficient (Wildman–Crippen LogP) is 1.15. The Hall–Kier alpha value is 0.999. The van der Waals surface area contributed by atoms with Gasteiger partial charge in [-0.1, -0.05) is 14.9 Å². The van der Waals surface area contributed by atoms with Crippen molar-refractivity contribution in [2.24, 2.45) is 0 Å². The zero-order chi connectivity index (χ0) is 0. The fraction of sp³-hybridized carbons (Fsp3) is 1.00. The van der Waals surface area contributed by atoms with Crippen LogP contribution in [-0.4, -0.2) is 0 Å². The summed E-state index contributed by atoms with van der Waals surface area (Å²) < 4.78 is 0. The van der Waals surface area contributed by atoms with Crippen molar-refractivity contribution in [2.75, 3.05) is 0 Å². The summed E-state index contributed by atoms with van der Waals surface area (Å²) in [5, 5.41) is 0. The van der Waals surface area contributed by atoms with Gasteiger partial charge in [-0.05, 0) is 0 Å². The van der Waals surface area contributed by atoms with Crippen LogP contribution in [-0.2, 0) is 39.6 Å². The summed E-state index contributed by atoms with van der Waals surface area (Å²) in [6, 6.07) is 0. The van der Waals surface area contributed by atoms with Crippen LogP contribution in [0.1, 0.15) is 14.9 Å². The molecule has 5 heavy (non-hydrogen) atoms. The monoisotopic (exact) mass is 174 g/mol. The number of hydrogen-bond acceptors (Lipinski definition) is 0. The second-order valence-corrected chi connectivity index (χ2v) is 0. The first-order valence-electron chi connectivity index (χ1n) is 0. The molecule has 0 aliphatic carbocycles. The van der Waals surface area contributed by atoms with Gasteiger partial charge in [-0.25, -0.2) is 0 Å². The van der Waals surface area contributed by atoms with E-state index in [1.165, 1.54) is 0 Å². The van der Waals surface area contributed by atoms with Gasteiger partial charge < -0.3 is 5.48 Å². The van der Waals surface area contributed by atoms with E-state index in [0.29, 0.717) is 0 Å². The maximum Gasteiger partial charge on any atom is 1.00 e. The van der Waals surface area contributed by atoms with Crippen molar-refractivity contribution in [3.63, 3.8) is 0 Å². The maximum atomic E-state index is 0. The third kappa shape index (κ3) is 45.1. The minimum Gasteiger partial charge on any atom is -2.00 e. The van der Waals surface area contributed by atoms with Crippen LogP contribution in [0.4, 0.5) is 0 Å². The van der Waals surface area contributed by atoms with Gasteiger partial charge in [0.05, 0.1) is 0 Å². The van der Waals surface area contributed by atoms with Gasteiger partial charge >= 0.3 is 34.1 Å². The van der Waals surface area contributed by atoms with Gasteiger partial charge in [0.2, 0.25) is 0 Å². The number of hydrogen-bond donors (Lipinski definition) is 0. The third-order valence-electron chi connectivity index (χ3n) is 0. The smallest absolute Gasteiger partial charge is 1.00 e. The average Bonchev–Trinajstić information content (AvgIpc) is 0. The molecule has 0 saturated heterocycles. The second kappa shape index (κ2) is 80.1. The summed E-state index contributed by atoms with van der Waals surface area (Å²) in [5.74, 6) is 0. The average molecular weight is 175 g/mol. The molecule has 0 saturated carbocycles. The van der Waals surface area contributed by atoms with E-state index in [9.17, 15) is 0 Å². The molecule has 0 unspecified atom stereocenters. The molecule has 0 atom stereocenters. The predicted molar refractivity (Wildman–Crippen MR) is 14.1 cm³/mol. The Balaban J connectivity index is 0. The molecule has 3 heteroatoms. The zero-order valence-corrected chi connectivity index (χ0v) is 2.89. The summed E-state index contributed by atoms with van der Waals surface area (Å²) in [5.41, 5.74) is 0.